The van der Waals surface area contributed by atoms with Crippen molar-refractivity contribution in [3.05, 3.63) is 16.8 Å². The van der Waals surface area contributed by atoms with E-state index in [2.05, 4.69) is 32.7 Å². The Labute approximate surface area is 197 Å². The Morgan fingerprint density at radius 2 is 1.52 bits per heavy atom. The first kappa shape index (κ1) is 23.8. The topological polar surface area (TPSA) is 84.6 Å². The van der Waals surface area contributed by atoms with Crippen molar-refractivity contribution >= 4 is 17.6 Å². The summed E-state index contributed by atoms with van der Waals surface area (Å²) in [5.41, 5.74) is 2.65. The number of amides is 2. The number of aromatic nitrogens is 1. The van der Waals surface area contributed by atoms with Gasteiger partial charge in [0, 0.05) is 51.0 Å². The SMILES string of the molecule is Cc1c(C#N)c(NC(=O)CN2CCN(CC(=O)N3CCCC3)CC2)n(C2CCCCC2)c1C. The zero-order valence-electron chi connectivity index (χ0n) is 20.2. The van der Waals surface area contributed by atoms with E-state index >= 15 is 0 Å². The number of carbonyl (C=O) groups is 2. The summed E-state index contributed by atoms with van der Waals surface area (Å²) in [6.07, 6.45) is 8.08. The van der Waals surface area contributed by atoms with Gasteiger partial charge in [-0.05, 0) is 45.1 Å². The first-order chi connectivity index (χ1) is 16.0. The molecular formula is C25H38N6O2. The number of hydrogen-bond acceptors (Lipinski definition) is 5. The number of carbonyl (C=O) groups excluding carboxylic acids is 2. The second kappa shape index (κ2) is 10.7. The van der Waals surface area contributed by atoms with Crippen molar-refractivity contribution in [2.24, 2.45) is 0 Å². The molecule has 2 saturated heterocycles. The fourth-order valence-electron chi connectivity index (χ4n) is 5.62. The molecule has 0 spiro atoms. The van der Waals surface area contributed by atoms with Gasteiger partial charge < -0.3 is 14.8 Å². The Morgan fingerprint density at radius 3 is 2.12 bits per heavy atom. The maximum absolute atomic E-state index is 13.0. The third-order valence-electron chi connectivity index (χ3n) is 7.72. The largest absolute Gasteiger partial charge is 0.342 e. The molecule has 2 amide bonds. The van der Waals surface area contributed by atoms with Crippen LogP contribution >= 0.6 is 0 Å². The number of likely N-dealkylation sites (tertiary alicyclic amines) is 1. The zero-order valence-corrected chi connectivity index (χ0v) is 20.2. The van der Waals surface area contributed by atoms with E-state index in [0.717, 1.165) is 76.2 Å². The maximum atomic E-state index is 13.0. The molecule has 8 nitrogen and oxygen atoms in total. The smallest absolute Gasteiger partial charge is 0.239 e. The molecule has 0 bridgehead atoms. The van der Waals surface area contributed by atoms with Gasteiger partial charge >= 0.3 is 0 Å². The van der Waals surface area contributed by atoms with Crippen molar-refractivity contribution in [1.82, 2.24) is 19.3 Å². The summed E-state index contributed by atoms with van der Waals surface area (Å²) >= 11 is 0. The summed E-state index contributed by atoms with van der Waals surface area (Å²) in [5.74, 6) is 0.846. The standard InChI is InChI=1S/C25H38N6O2/c1-19-20(2)31(21-8-4-3-5-9-21)25(22(19)16-26)27-23(32)17-28-12-14-29(15-13-28)18-24(33)30-10-6-7-11-30/h21H,3-15,17-18H2,1-2H3,(H,27,32). The molecular weight excluding hydrogens is 416 g/mol. The summed E-state index contributed by atoms with van der Waals surface area (Å²) in [7, 11) is 0. The summed E-state index contributed by atoms with van der Waals surface area (Å²) < 4.78 is 2.22. The Morgan fingerprint density at radius 1 is 0.909 bits per heavy atom. The van der Waals surface area contributed by atoms with Gasteiger partial charge in [-0.2, -0.15) is 5.26 Å². The molecule has 0 unspecified atom stereocenters. The first-order valence-corrected chi connectivity index (χ1v) is 12.6. The second-order valence-electron chi connectivity index (χ2n) is 9.90. The van der Waals surface area contributed by atoms with Crippen LogP contribution in [0.15, 0.2) is 0 Å². The summed E-state index contributed by atoms with van der Waals surface area (Å²) in [6, 6.07) is 2.68. The lowest BCUT2D eigenvalue weighted by molar-refractivity contribution is -0.132. The van der Waals surface area contributed by atoms with E-state index in [-0.39, 0.29) is 11.8 Å². The number of hydrogen-bond donors (Lipinski definition) is 1. The average molecular weight is 455 g/mol. The van der Waals surface area contributed by atoms with Crippen LogP contribution in [0.1, 0.15) is 67.8 Å². The van der Waals surface area contributed by atoms with Crippen LogP contribution < -0.4 is 5.32 Å². The van der Waals surface area contributed by atoms with Gasteiger partial charge in [0.1, 0.15) is 11.9 Å². The van der Waals surface area contributed by atoms with E-state index in [1.165, 1.54) is 19.3 Å². The number of rotatable bonds is 6. The average Bonchev–Trinajstić information content (AvgIpc) is 3.43. The van der Waals surface area contributed by atoms with Crippen molar-refractivity contribution in [2.45, 2.75) is 64.8 Å². The monoisotopic (exact) mass is 454 g/mol. The lowest BCUT2D eigenvalue weighted by Crippen LogP contribution is -2.51. The number of anilines is 1. The van der Waals surface area contributed by atoms with Crippen LogP contribution in [0.4, 0.5) is 5.82 Å². The molecule has 3 heterocycles. The molecule has 0 atom stereocenters. The van der Waals surface area contributed by atoms with Gasteiger partial charge in [0.2, 0.25) is 11.8 Å². The van der Waals surface area contributed by atoms with Gasteiger partial charge in [-0.25, -0.2) is 0 Å². The van der Waals surface area contributed by atoms with Gasteiger partial charge in [-0.1, -0.05) is 19.3 Å². The minimum atomic E-state index is -0.0670. The highest BCUT2D eigenvalue weighted by Crippen LogP contribution is 2.36. The Hall–Kier alpha value is -2.37. The van der Waals surface area contributed by atoms with Crippen molar-refractivity contribution in [3.63, 3.8) is 0 Å². The number of nitrogens with zero attached hydrogens (tertiary/aromatic N) is 5. The van der Waals surface area contributed by atoms with E-state index < -0.39 is 0 Å². The predicted molar refractivity (Wildman–Crippen MR) is 128 cm³/mol. The molecule has 180 valence electrons. The van der Waals surface area contributed by atoms with Gasteiger partial charge in [0.15, 0.2) is 0 Å². The molecule has 1 aromatic rings. The Bertz CT molecular complexity index is 897. The van der Waals surface area contributed by atoms with Gasteiger partial charge in [0.05, 0.1) is 18.7 Å². The third kappa shape index (κ3) is 5.42. The van der Waals surface area contributed by atoms with Gasteiger partial charge in [0.25, 0.3) is 0 Å². The van der Waals surface area contributed by atoms with Crippen LogP contribution in [0.2, 0.25) is 0 Å². The number of piperazine rings is 1. The van der Waals surface area contributed by atoms with Crippen LogP contribution in [-0.4, -0.2) is 83.4 Å². The highest BCUT2D eigenvalue weighted by Gasteiger charge is 2.27. The van der Waals surface area contributed by atoms with E-state index in [0.29, 0.717) is 30.5 Å². The van der Waals surface area contributed by atoms with E-state index in [1.54, 1.807) is 0 Å². The predicted octanol–water partition coefficient (Wildman–Crippen LogP) is 2.66. The van der Waals surface area contributed by atoms with Gasteiger partial charge in [-0.15, -0.1) is 0 Å². The molecule has 4 rings (SSSR count). The molecule has 0 radical (unpaired) electrons. The maximum Gasteiger partial charge on any atom is 0.239 e. The highest BCUT2D eigenvalue weighted by atomic mass is 16.2. The molecule has 8 heteroatoms. The molecule has 33 heavy (non-hydrogen) atoms. The first-order valence-electron chi connectivity index (χ1n) is 12.6. The van der Waals surface area contributed by atoms with Crippen LogP contribution in [0.5, 0.6) is 0 Å². The van der Waals surface area contributed by atoms with E-state index in [4.69, 9.17) is 0 Å². The Kier molecular flexibility index (Phi) is 7.71. The molecule has 1 aliphatic carbocycles. The molecule has 2 aliphatic heterocycles. The third-order valence-corrected chi connectivity index (χ3v) is 7.72. The molecule has 0 aromatic carbocycles. The molecule has 3 aliphatic rings. The van der Waals surface area contributed by atoms with Crippen molar-refractivity contribution < 1.29 is 9.59 Å². The second-order valence-corrected chi connectivity index (χ2v) is 9.90. The summed E-state index contributed by atoms with van der Waals surface area (Å²) in [6.45, 7) is 9.76. The molecule has 1 saturated carbocycles. The quantitative estimate of drug-likeness (QED) is 0.714. The summed E-state index contributed by atoms with van der Waals surface area (Å²) in [4.78, 5) is 31.7. The normalized spacial score (nSPS) is 20.7. The van der Waals surface area contributed by atoms with Crippen LogP contribution in [-0.2, 0) is 9.59 Å². The lowest BCUT2D eigenvalue weighted by Gasteiger charge is -2.34. The van der Waals surface area contributed by atoms with E-state index in [9.17, 15) is 14.9 Å². The molecule has 1 N–H and O–H groups in total. The van der Waals surface area contributed by atoms with E-state index in [1.807, 2.05) is 11.8 Å². The van der Waals surface area contributed by atoms with Crippen LogP contribution in [0, 0.1) is 25.2 Å². The van der Waals surface area contributed by atoms with Crippen molar-refractivity contribution in [1.29, 1.82) is 5.26 Å². The fourth-order valence-corrected chi connectivity index (χ4v) is 5.62. The highest BCUT2D eigenvalue weighted by molar-refractivity contribution is 5.93. The van der Waals surface area contributed by atoms with Crippen molar-refractivity contribution in [3.8, 4) is 6.07 Å². The molecule has 3 fully saturated rings. The van der Waals surface area contributed by atoms with Crippen molar-refractivity contribution in [2.75, 3.05) is 57.7 Å². The van der Waals surface area contributed by atoms with Crippen LogP contribution in [0.25, 0.3) is 0 Å². The number of nitriles is 1. The fraction of sp³-hybridized carbons (Fsp3) is 0.720. The lowest BCUT2D eigenvalue weighted by atomic mass is 9.95. The molecule has 1 aromatic heterocycles. The zero-order chi connectivity index (χ0) is 23.4. The summed E-state index contributed by atoms with van der Waals surface area (Å²) in [5, 5.41) is 12.9. The minimum Gasteiger partial charge on any atom is -0.342 e. The van der Waals surface area contributed by atoms with Gasteiger partial charge in [-0.3, -0.25) is 19.4 Å². The Balaban J connectivity index is 1.33. The van der Waals surface area contributed by atoms with Crippen LogP contribution in [0.3, 0.4) is 0 Å². The number of nitrogens with one attached hydrogen (secondary N) is 1. The minimum absolute atomic E-state index is 0.0670.